The number of fused-ring (bicyclic) bond motifs is 1. The lowest BCUT2D eigenvalue weighted by Gasteiger charge is -2.22. The van der Waals surface area contributed by atoms with Gasteiger partial charge in [-0.1, -0.05) is 12.1 Å². The predicted molar refractivity (Wildman–Crippen MR) is 123 cm³/mol. The Bertz CT molecular complexity index is 1440. The summed E-state index contributed by atoms with van der Waals surface area (Å²) in [7, 11) is 1.78. The van der Waals surface area contributed by atoms with Gasteiger partial charge in [-0.2, -0.15) is 0 Å². The minimum atomic E-state index is -0.988. The largest absolute Gasteiger partial charge is 0.383 e. The van der Waals surface area contributed by atoms with Crippen LogP contribution in [0.4, 0.5) is 29.5 Å². The maximum absolute atomic E-state index is 15.3. The predicted octanol–water partition coefficient (Wildman–Crippen LogP) is 4.64. The summed E-state index contributed by atoms with van der Waals surface area (Å²) in [6, 6.07) is 7.21. The lowest BCUT2D eigenvalue weighted by atomic mass is 10.0. The fourth-order valence-electron chi connectivity index (χ4n) is 4.58. The molecule has 1 aliphatic rings. The minimum absolute atomic E-state index is 0.0564. The highest BCUT2D eigenvalue weighted by atomic mass is 19.2. The number of aryl methyl sites for hydroxylation is 1. The Morgan fingerprint density at radius 3 is 2.62 bits per heavy atom. The first-order chi connectivity index (χ1) is 16.3. The number of anilines is 2. The number of hydrogen-bond acceptors (Lipinski definition) is 4. The number of benzene rings is 2. The molecule has 1 unspecified atom stereocenters. The number of likely N-dealkylation sites (N-methyl/N-ethyl adjacent to an activating group) is 1. The molecular formula is C24H21F3N6O. The van der Waals surface area contributed by atoms with E-state index in [1.54, 1.807) is 36.9 Å². The molecule has 7 nitrogen and oxygen atoms in total. The van der Waals surface area contributed by atoms with Crippen molar-refractivity contribution in [2.24, 2.45) is 7.05 Å². The topological polar surface area (TPSA) is 80.3 Å². The Morgan fingerprint density at radius 1 is 1.09 bits per heavy atom. The summed E-state index contributed by atoms with van der Waals surface area (Å²) in [6.45, 7) is 2.09. The van der Waals surface area contributed by atoms with Crippen LogP contribution in [0.1, 0.15) is 18.5 Å². The second-order valence-electron chi connectivity index (χ2n) is 8.11. The fourth-order valence-corrected chi connectivity index (χ4v) is 4.58. The van der Waals surface area contributed by atoms with Gasteiger partial charge in [0.05, 0.1) is 18.0 Å². The maximum atomic E-state index is 15.3. The number of nitrogens with two attached hydrogens (primary N) is 1. The first-order valence-corrected chi connectivity index (χ1v) is 10.7. The summed E-state index contributed by atoms with van der Waals surface area (Å²) in [5.74, 6) is -2.30. The Hall–Kier alpha value is -4.08. The van der Waals surface area contributed by atoms with Gasteiger partial charge in [0.15, 0.2) is 11.6 Å². The van der Waals surface area contributed by atoms with Crippen molar-refractivity contribution in [3.05, 3.63) is 71.9 Å². The van der Waals surface area contributed by atoms with E-state index in [0.29, 0.717) is 22.3 Å². The maximum Gasteiger partial charge on any atom is 0.325 e. The van der Waals surface area contributed by atoms with Crippen LogP contribution in [0.3, 0.4) is 0 Å². The van der Waals surface area contributed by atoms with E-state index in [2.05, 4.69) is 9.97 Å². The zero-order valence-electron chi connectivity index (χ0n) is 18.5. The average Bonchev–Trinajstić information content (AvgIpc) is 3.33. The number of halogens is 3. The lowest BCUT2D eigenvalue weighted by molar-refractivity contribution is 0.208. The summed E-state index contributed by atoms with van der Waals surface area (Å²) in [6.07, 6.45) is 3.06. The van der Waals surface area contributed by atoms with Crippen LogP contribution < -0.4 is 10.6 Å². The molecule has 0 saturated carbocycles. The second kappa shape index (κ2) is 8.05. The van der Waals surface area contributed by atoms with E-state index in [9.17, 15) is 13.6 Å². The number of nitrogen functional groups attached to an aromatic ring is 1. The Balaban J connectivity index is 1.53. The zero-order valence-corrected chi connectivity index (χ0v) is 18.5. The molecule has 2 aromatic heterocycles. The molecule has 1 saturated heterocycles. The summed E-state index contributed by atoms with van der Waals surface area (Å²) < 4.78 is 45.4. The van der Waals surface area contributed by atoms with Gasteiger partial charge in [-0.05, 0) is 31.2 Å². The van der Waals surface area contributed by atoms with E-state index in [0.717, 1.165) is 6.07 Å². The molecule has 1 atom stereocenters. The van der Waals surface area contributed by atoms with Gasteiger partial charge in [0, 0.05) is 42.2 Å². The Morgan fingerprint density at radius 2 is 1.88 bits per heavy atom. The van der Waals surface area contributed by atoms with Crippen molar-refractivity contribution in [2.45, 2.75) is 13.0 Å². The van der Waals surface area contributed by atoms with Crippen LogP contribution >= 0.6 is 0 Å². The fraction of sp³-hybridized carbons (Fsp3) is 0.208. The first kappa shape index (κ1) is 21.7. The number of amides is 2. The lowest BCUT2D eigenvalue weighted by Crippen LogP contribution is -2.32. The van der Waals surface area contributed by atoms with E-state index < -0.39 is 29.5 Å². The van der Waals surface area contributed by atoms with Crippen molar-refractivity contribution >= 4 is 28.6 Å². The highest BCUT2D eigenvalue weighted by Gasteiger charge is 2.39. The minimum Gasteiger partial charge on any atom is -0.383 e. The number of nitrogens with zero attached hydrogens (tertiary/aromatic N) is 5. The van der Waals surface area contributed by atoms with E-state index in [1.165, 1.54) is 34.3 Å². The molecule has 3 heterocycles. The van der Waals surface area contributed by atoms with Crippen LogP contribution in [0.5, 0.6) is 0 Å². The van der Waals surface area contributed by atoms with E-state index in [1.807, 2.05) is 0 Å². The molecule has 2 aromatic carbocycles. The third-order valence-electron chi connectivity index (χ3n) is 6.23. The normalized spacial score (nSPS) is 16.1. The molecule has 0 radical (unpaired) electrons. The van der Waals surface area contributed by atoms with Crippen LogP contribution in [0, 0.1) is 17.5 Å². The van der Waals surface area contributed by atoms with Gasteiger partial charge in [0.2, 0.25) is 0 Å². The molecule has 1 fully saturated rings. The highest BCUT2D eigenvalue weighted by molar-refractivity contribution is 6.01. The quantitative estimate of drug-likeness (QED) is 0.475. The van der Waals surface area contributed by atoms with E-state index >= 15 is 4.39 Å². The van der Waals surface area contributed by atoms with Crippen LogP contribution in [0.15, 0.2) is 48.9 Å². The third-order valence-corrected chi connectivity index (χ3v) is 6.23. The second-order valence-corrected chi connectivity index (χ2v) is 8.11. The number of rotatable bonds is 4. The van der Waals surface area contributed by atoms with Crippen LogP contribution in [-0.4, -0.2) is 38.6 Å². The molecule has 0 aliphatic carbocycles. The standard InChI is InChI=1S/C24H21F3N6O/c1-3-32-19(15-5-4-6-17(25)21(15)27)11-33(24(32)34)13-7-8-14(18(26)9-13)16-10-31(2)23-20(16)22(28)29-12-30-23/h4-10,12,19H,3,11H2,1-2H3,(H2,28,29,30). The van der Waals surface area contributed by atoms with Crippen molar-refractivity contribution in [2.75, 3.05) is 23.7 Å². The average molecular weight is 466 g/mol. The van der Waals surface area contributed by atoms with Gasteiger partial charge in [-0.25, -0.2) is 27.9 Å². The molecule has 0 bridgehead atoms. The monoisotopic (exact) mass is 466 g/mol. The van der Waals surface area contributed by atoms with Gasteiger partial charge >= 0.3 is 6.03 Å². The molecule has 174 valence electrons. The highest BCUT2D eigenvalue weighted by Crippen LogP contribution is 2.38. The first-order valence-electron chi connectivity index (χ1n) is 10.7. The molecule has 5 rings (SSSR count). The summed E-state index contributed by atoms with van der Waals surface area (Å²) in [5.41, 5.74) is 7.80. The van der Waals surface area contributed by atoms with Crippen molar-refractivity contribution in [1.82, 2.24) is 19.4 Å². The van der Waals surface area contributed by atoms with Crippen molar-refractivity contribution < 1.29 is 18.0 Å². The molecule has 0 spiro atoms. The molecule has 2 amide bonds. The smallest absolute Gasteiger partial charge is 0.325 e. The number of urea groups is 1. The van der Waals surface area contributed by atoms with Gasteiger partial charge in [-0.3, -0.25) is 4.90 Å². The molecule has 34 heavy (non-hydrogen) atoms. The van der Waals surface area contributed by atoms with Crippen LogP contribution in [0.25, 0.3) is 22.2 Å². The number of hydrogen-bond donors (Lipinski definition) is 1. The van der Waals surface area contributed by atoms with Crippen LogP contribution in [0.2, 0.25) is 0 Å². The number of carbonyl (C=O) groups excluding carboxylic acids is 1. The Kier molecular flexibility index (Phi) is 5.15. The van der Waals surface area contributed by atoms with Gasteiger partial charge in [-0.15, -0.1) is 0 Å². The summed E-state index contributed by atoms with van der Waals surface area (Å²) in [4.78, 5) is 24.1. The molecule has 10 heteroatoms. The van der Waals surface area contributed by atoms with E-state index in [-0.39, 0.29) is 30.0 Å². The summed E-state index contributed by atoms with van der Waals surface area (Å²) >= 11 is 0. The third kappa shape index (κ3) is 3.25. The van der Waals surface area contributed by atoms with E-state index in [4.69, 9.17) is 5.73 Å². The molecule has 1 aliphatic heterocycles. The van der Waals surface area contributed by atoms with Crippen molar-refractivity contribution in [3.8, 4) is 11.1 Å². The number of aromatic nitrogens is 3. The zero-order chi connectivity index (χ0) is 24.1. The van der Waals surface area contributed by atoms with Crippen molar-refractivity contribution in [3.63, 3.8) is 0 Å². The van der Waals surface area contributed by atoms with Crippen LogP contribution in [-0.2, 0) is 7.05 Å². The number of carbonyl (C=O) groups is 1. The van der Waals surface area contributed by atoms with Gasteiger partial charge in [0.1, 0.15) is 23.6 Å². The molecular weight excluding hydrogens is 445 g/mol. The Labute approximate surface area is 193 Å². The summed E-state index contributed by atoms with van der Waals surface area (Å²) in [5, 5.41) is 0.535. The SMILES string of the molecule is CCN1C(=O)N(c2ccc(-c3cn(C)c4ncnc(N)c34)c(F)c2)CC1c1cccc(F)c1F. The van der Waals surface area contributed by atoms with Gasteiger partial charge in [0.25, 0.3) is 0 Å². The van der Waals surface area contributed by atoms with Crippen molar-refractivity contribution in [1.29, 1.82) is 0 Å². The molecule has 4 aromatic rings. The van der Waals surface area contributed by atoms with Gasteiger partial charge < -0.3 is 15.2 Å². The molecule has 2 N–H and O–H groups in total.